The van der Waals surface area contributed by atoms with Gasteiger partial charge in [0.05, 0.1) is 18.2 Å². The number of hydrogen-bond acceptors (Lipinski definition) is 5. The van der Waals surface area contributed by atoms with Crippen molar-refractivity contribution < 1.29 is 23.8 Å². The molecule has 0 spiro atoms. The maximum absolute atomic E-state index is 12.3. The van der Waals surface area contributed by atoms with E-state index < -0.39 is 5.97 Å². The fraction of sp³-hybridized carbons (Fsp3) is 0.500. The van der Waals surface area contributed by atoms with Gasteiger partial charge in [0.15, 0.2) is 0 Å². The van der Waals surface area contributed by atoms with Gasteiger partial charge in [0.1, 0.15) is 5.76 Å². The molecule has 0 aliphatic carbocycles. The van der Waals surface area contributed by atoms with Crippen LogP contribution in [-0.4, -0.2) is 46.7 Å². The molecule has 1 unspecified atom stereocenters. The average Bonchev–Trinajstić information content (AvgIpc) is 3.10. The minimum atomic E-state index is -0.750. The molecular weight excluding hydrogens is 408 g/mol. The number of amides is 1. The number of carboxylic acids is 1. The Labute approximate surface area is 181 Å². The third-order valence-corrected chi connectivity index (χ3v) is 5.92. The Hall–Kier alpha value is -2.54. The van der Waals surface area contributed by atoms with Crippen molar-refractivity contribution >= 4 is 23.7 Å². The first-order valence-corrected chi connectivity index (χ1v) is 10.6. The molecule has 1 fully saturated rings. The number of carboxylic acid groups (broad SMARTS) is 1. The van der Waals surface area contributed by atoms with Crippen LogP contribution >= 0.6 is 11.6 Å². The highest BCUT2D eigenvalue weighted by Gasteiger charge is 2.31. The van der Waals surface area contributed by atoms with Gasteiger partial charge in [0.25, 0.3) is 0 Å². The van der Waals surface area contributed by atoms with Gasteiger partial charge in [-0.05, 0) is 56.4 Å². The highest BCUT2D eigenvalue weighted by Crippen LogP contribution is 2.28. The van der Waals surface area contributed by atoms with Crippen LogP contribution in [0.3, 0.4) is 0 Å². The summed E-state index contributed by atoms with van der Waals surface area (Å²) < 4.78 is 11.1. The van der Waals surface area contributed by atoms with Crippen molar-refractivity contribution in [1.82, 2.24) is 9.88 Å². The number of aliphatic carboxylic acids is 1. The summed E-state index contributed by atoms with van der Waals surface area (Å²) in [6, 6.07) is 7.24. The van der Waals surface area contributed by atoms with E-state index in [0.717, 1.165) is 11.3 Å². The predicted octanol–water partition coefficient (Wildman–Crippen LogP) is 4.81. The normalized spacial score (nSPS) is 15.8. The third-order valence-electron chi connectivity index (χ3n) is 5.67. The van der Waals surface area contributed by atoms with E-state index in [9.17, 15) is 14.7 Å². The molecular formula is C22H27ClN2O5. The van der Waals surface area contributed by atoms with Gasteiger partial charge < -0.3 is 19.2 Å². The number of carbonyl (C=O) groups is 2. The molecule has 1 aromatic heterocycles. The number of nitrogens with zero attached hydrogens (tertiary/aromatic N) is 2. The summed E-state index contributed by atoms with van der Waals surface area (Å²) in [5.41, 5.74) is 1.58. The van der Waals surface area contributed by atoms with Crippen LogP contribution in [0.5, 0.6) is 0 Å². The Kier molecular flexibility index (Phi) is 7.37. The van der Waals surface area contributed by atoms with Gasteiger partial charge in [0.2, 0.25) is 5.89 Å². The molecule has 8 heteroatoms. The number of carbonyl (C=O) groups excluding carboxylic acids is 1. The fourth-order valence-corrected chi connectivity index (χ4v) is 4.02. The van der Waals surface area contributed by atoms with E-state index in [4.69, 9.17) is 20.8 Å². The smallest absolute Gasteiger partial charge is 0.409 e. The summed E-state index contributed by atoms with van der Waals surface area (Å²) in [5.74, 6) is 0.223. The SMILES string of the molecule is CCC(C(=O)O)C1CCN(C(=O)OCCc2nc(-c3ccc(Cl)cc3)oc2C)CC1. The fourth-order valence-electron chi connectivity index (χ4n) is 3.90. The van der Waals surface area contributed by atoms with Crippen molar-refractivity contribution in [2.75, 3.05) is 19.7 Å². The zero-order valence-electron chi connectivity index (χ0n) is 17.3. The Bertz CT molecular complexity index is 872. The number of hydrogen-bond donors (Lipinski definition) is 1. The van der Waals surface area contributed by atoms with E-state index in [0.29, 0.717) is 55.4 Å². The first kappa shape index (κ1) is 22.2. The molecule has 0 radical (unpaired) electrons. The molecule has 7 nitrogen and oxygen atoms in total. The zero-order valence-corrected chi connectivity index (χ0v) is 18.0. The summed E-state index contributed by atoms with van der Waals surface area (Å²) in [5, 5.41) is 9.95. The molecule has 1 aliphatic rings. The third kappa shape index (κ3) is 5.33. The van der Waals surface area contributed by atoms with E-state index in [1.807, 2.05) is 26.0 Å². The summed E-state index contributed by atoms with van der Waals surface area (Å²) in [6.07, 6.45) is 2.08. The number of ether oxygens (including phenoxy) is 1. The van der Waals surface area contributed by atoms with Gasteiger partial charge >= 0.3 is 12.1 Å². The Morgan fingerprint density at radius 1 is 1.30 bits per heavy atom. The first-order chi connectivity index (χ1) is 14.4. The molecule has 1 amide bonds. The van der Waals surface area contributed by atoms with Gasteiger partial charge in [0, 0.05) is 30.1 Å². The van der Waals surface area contributed by atoms with Crippen molar-refractivity contribution in [2.24, 2.45) is 11.8 Å². The topological polar surface area (TPSA) is 92.9 Å². The van der Waals surface area contributed by atoms with Crippen molar-refractivity contribution in [1.29, 1.82) is 0 Å². The maximum atomic E-state index is 12.3. The van der Waals surface area contributed by atoms with Crippen LogP contribution in [-0.2, 0) is 16.0 Å². The minimum Gasteiger partial charge on any atom is -0.481 e. The second-order valence-electron chi connectivity index (χ2n) is 7.57. The Morgan fingerprint density at radius 2 is 1.97 bits per heavy atom. The molecule has 0 bridgehead atoms. The number of rotatable bonds is 7. The van der Waals surface area contributed by atoms with E-state index in [2.05, 4.69) is 4.98 Å². The Morgan fingerprint density at radius 3 is 2.57 bits per heavy atom. The number of benzene rings is 1. The van der Waals surface area contributed by atoms with Gasteiger partial charge in [-0.1, -0.05) is 18.5 Å². The average molecular weight is 435 g/mol. The second-order valence-corrected chi connectivity index (χ2v) is 8.01. The molecule has 0 saturated carbocycles. The highest BCUT2D eigenvalue weighted by atomic mass is 35.5. The molecule has 1 saturated heterocycles. The lowest BCUT2D eigenvalue weighted by atomic mass is 9.83. The lowest BCUT2D eigenvalue weighted by Crippen LogP contribution is -2.41. The van der Waals surface area contributed by atoms with E-state index in [-0.39, 0.29) is 24.5 Å². The van der Waals surface area contributed by atoms with Crippen molar-refractivity contribution in [3.63, 3.8) is 0 Å². The minimum absolute atomic E-state index is 0.112. The second kappa shape index (κ2) is 9.98. The molecule has 3 rings (SSSR count). The molecule has 1 aromatic carbocycles. The number of aromatic nitrogens is 1. The molecule has 1 aliphatic heterocycles. The van der Waals surface area contributed by atoms with Crippen LogP contribution in [0.15, 0.2) is 28.7 Å². The monoisotopic (exact) mass is 434 g/mol. The first-order valence-electron chi connectivity index (χ1n) is 10.3. The molecule has 162 valence electrons. The number of likely N-dealkylation sites (tertiary alicyclic amines) is 1. The van der Waals surface area contributed by atoms with Gasteiger partial charge in [-0.25, -0.2) is 9.78 Å². The quantitative estimate of drug-likeness (QED) is 0.672. The molecule has 30 heavy (non-hydrogen) atoms. The van der Waals surface area contributed by atoms with Crippen LogP contribution < -0.4 is 0 Å². The van der Waals surface area contributed by atoms with E-state index in [1.165, 1.54) is 0 Å². The summed E-state index contributed by atoms with van der Waals surface area (Å²) in [4.78, 5) is 29.8. The predicted molar refractivity (Wildman–Crippen MR) is 112 cm³/mol. The van der Waals surface area contributed by atoms with Crippen LogP contribution in [0.4, 0.5) is 4.79 Å². The summed E-state index contributed by atoms with van der Waals surface area (Å²) >= 11 is 5.91. The summed E-state index contributed by atoms with van der Waals surface area (Å²) in [7, 11) is 0. The number of oxazole rings is 1. The van der Waals surface area contributed by atoms with Crippen LogP contribution in [0.25, 0.3) is 11.5 Å². The van der Waals surface area contributed by atoms with Crippen molar-refractivity contribution in [2.45, 2.75) is 39.5 Å². The number of piperidine rings is 1. The van der Waals surface area contributed by atoms with Crippen molar-refractivity contribution in [3.05, 3.63) is 40.7 Å². The van der Waals surface area contributed by atoms with Gasteiger partial charge in [-0.3, -0.25) is 4.79 Å². The van der Waals surface area contributed by atoms with Crippen LogP contribution in [0, 0.1) is 18.8 Å². The largest absolute Gasteiger partial charge is 0.481 e. The Balaban J connectivity index is 1.47. The lowest BCUT2D eigenvalue weighted by Gasteiger charge is -2.33. The van der Waals surface area contributed by atoms with E-state index in [1.54, 1.807) is 17.0 Å². The molecule has 1 N–H and O–H groups in total. The number of aryl methyl sites for hydroxylation is 1. The van der Waals surface area contributed by atoms with Gasteiger partial charge in [-0.15, -0.1) is 0 Å². The summed E-state index contributed by atoms with van der Waals surface area (Å²) in [6.45, 7) is 4.98. The lowest BCUT2D eigenvalue weighted by molar-refractivity contribution is -0.144. The zero-order chi connectivity index (χ0) is 21.7. The molecule has 2 heterocycles. The van der Waals surface area contributed by atoms with Crippen LogP contribution in [0.1, 0.15) is 37.6 Å². The van der Waals surface area contributed by atoms with E-state index >= 15 is 0 Å². The standard InChI is InChI=1S/C22H27ClN2O5/c1-3-18(21(26)27)15-8-11-25(12-9-15)22(28)29-13-10-19-14(2)30-20(24-19)16-4-6-17(23)7-5-16/h4-7,15,18H,3,8-13H2,1-2H3,(H,26,27). The van der Waals surface area contributed by atoms with Crippen LogP contribution in [0.2, 0.25) is 5.02 Å². The number of halogens is 1. The molecule has 1 atom stereocenters. The van der Waals surface area contributed by atoms with Gasteiger partial charge in [-0.2, -0.15) is 0 Å². The molecule has 2 aromatic rings. The maximum Gasteiger partial charge on any atom is 0.409 e. The van der Waals surface area contributed by atoms with Crippen molar-refractivity contribution in [3.8, 4) is 11.5 Å². The highest BCUT2D eigenvalue weighted by molar-refractivity contribution is 6.30.